The van der Waals surface area contributed by atoms with E-state index in [1.54, 1.807) is 0 Å². The van der Waals surface area contributed by atoms with Crippen LogP contribution in [0.15, 0.2) is 23.1 Å². The minimum absolute atomic E-state index is 0.224. The van der Waals surface area contributed by atoms with Crippen molar-refractivity contribution >= 4 is 17.4 Å². The molecule has 6 heteroatoms. The van der Waals surface area contributed by atoms with Crippen molar-refractivity contribution in [3.8, 4) is 0 Å². The van der Waals surface area contributed by atoms with Crippen LogP contribution in [0.3, 0.4) is 0 Å². The Morgan fingerprint density at radius 2 is 1.93 bits per heavy atom. The number of hydrogen-bond acceptors (Lipinski definition) is 2. The van der Waals surface area contributed by atoms with Gasteiger partial charge in [0.2, 0.25) is 0 Å². The first kappa shape index (κ1) is 12.2. The fourth-order valence-electron chi connectivity index (χ4n) is 0.953. The molecular formula is C9H9F4NS. The number of benzene rings is 1. The normalized spacial score (nSPS) is 11.7. The number of anilines is 1. The van der Waals surface area contributed by atoms with Crippen LogP contribution in [-0.2, 0) is 6.67 Å². The van der Waals surface area contributed by atoms with E-state index in [-0.39, 0.29) is 11.3 Å². The van der Waals surface area contributed by atoms with E-state index in [4.69, 9.17) is 5.73 Å². The highest BCUT2D eigenvalue weighted by molar-refractivity contribution is 7.99. The second kappa shape index (κ2) is 4.74. The quantitative estimate of drug-likeness (QED) is 0.497. The van der Waals surface area contributed by atoms with Gasteiger partial charge < -0.3 is 5.73 Å². The van der Waals surface area contributed by atoms with Gasteiger partial charge in [-0.05, 0) is 18.2 Å². The second-order valence-corrected chi connectivity index (χ2v) is 3.95. The smallest absolute Gasteiger partial charge is 0.398 e. The first-order chi connectivity index (χ1) is 6.92. The summed E-state index contributed by atoms with van der Waals surface area (Å²) in [6, 6.07) is 4.20. The highest BCUT2D eigenvalue weighted by Gasteiger charge is 2.27. The van der Waals surface area contributed by atoms with Crippen LogP contribution >= 0.6 is 11.8 Å². The van der Waals surface area contributed by atoms with Crippen LogP contribution in [0.5, 0.6) is 0 Å². The van der Waals surface area contributed by atoms with Crippen LogP contribution in [0.1, 0.15) is 5.56 Å². The number of halogens is 4. The lowest BCUT2D eigenvalue weighted by atomic mass is 10.2. The monoisotopic (exact) mass is 239 g/mol. The maximum Gasteiger partial charge on any atom is 0.398 e. The van der Waals surface area contributed by atoms with Crippen molar-refractivity contribution < 1.29 is 17.6 Å². The van der Waals surface area contributed by atoms with Crippen LogP contribution in [0.25, 0.3) is 0 Å². The molecule has 15 heavy (non-hydrogen) atoms. The molecule has 2 N–H and O–H groups in total. The van der Waals surface area contributed by atoms with Crippen molar-refractivity contribution in [2.45, 2.75) is 17.7 Å². The summed E-state index contributed by atoms with van der Waals surface area (Å²) in [4.78, 5) is 0.370. The molecule has 0 spiro atoms. The van der Waals surface area contributed by atoms with Gasteiger partial charge >= 0.3 is 6.18 Å². The van der Waals surface area contributed by atoms with E-state index in [1.807, 2.05) is 0 Å². The van der Waals surface area contributed by atoms with E-state index >= 15 is 0 Å². The third kappa shape index (κ3) is 3.99. The largest absolute Gasteiger partial charge is 0.398 e. The summed E-state index contributed by atoms with van der Waals surface area (Å²) < 4.78 is 48.0. The molecule has 0 heterocycles. The van der Waals surface area contributed by atoms with Crippen molar-refractivity contribution in [1.29, 1.82) is 0 Å². The van der Waals surface area contributed by atoms with Gasteiger partial charge in [0.1, 0.15) is 6.67 Å². The Hall–Kier alpha value is -0.910. The maximum atomic E-state index is 12.3. The fraction of sp³-hybridized carbons (Fsp3) is 0.333. The Bertz CT molecular complexity index is 337. The van der Waals surface area contributed by atoms with Crippen molar-refractivity contribution in [1.82, 2.24) is 0 Å². The SMILES string of the molecule is Nc1ccc(SCC(F)(F)F)cc1CF. The van der Waals surface area contributed by atoms with Gasteiger partial charge in [0.15, 0.2) is 0 Å². The third-order valence-corrected chi connectivity index (χ3v) is 2.72. The summed E-state index contributed by atoms with van der Waals surface area (Å²) in [7, 11) is 0. The minimum atomic E-state index is -4.22. The van der Waals surface area contributed by atoms with E-state index in [9.17, 15) is 17.6 Å². The third-order valence-electron chi connectivity index (χ3n) is 1.66. The molecule has 0 aliphatic rings. The highest BCUT2D eigenvalue weighted by Crippen LogP contribution is 2.29. The van der Waals surface area contributed by atoms with E-state index in [0.29, 0.717) is 16.7 Å². The average Bonchev–Trinajstić information content (AvgIpc) is 2.15. The summed E-state index contributed by atoms with van der Waals surface area (Å²) in [6.07, 6.45) is -4.22. The van der Waals surface area contributed by atoms with Crippen molar-refractivity contribution in [2.75, 3.05) is 11.5 Å². The molecule has 0 radical (unpaired) electrons. The standard InChI is InChI=1S/C9H9F4NS/c10-4-6-3-7(1-2-8(6)14)15-5-9(11,12)13/h1-3H,4-5,14H2. The molecule has 1 aromatic carbocycles. The molecule has 0 saturated carbocycles. The van der Waals surface area contributed by atoms with E-state index in [0.717, 1.165) is 0 Å². The van der Waals surface area contributed by atoms with Crippen LogP contribution in [-0.4, -0.2) is 11.9 Å². The molecule has 0 amide bonds. The van der Waals surface area contributed by atoms with Gasteiger partial charge in [-0.15, -0.1) is 11.8 Å². The number of thioether (sulfide) groups is 1. The first-order valence-corrected chi connectivity index (χ1v) is 5.05. The lowest BCUT2D eigenvalue weighted by Gasteiger charge is -2.07. The summed E-state index contributed by atoms with van der Waals surface area (Å²) in [5.41, 5.74) is 5.89. The zero-order valence-electron chi connectivity index (χ0n) is 7.64. The average molecular weight is 239 g/mol. The summed E-state index contributed by atoms with van der Waals surface area (Å²) in [5.74, 6) is -0.983. The Balaban J connectivity index is 2.70. The van der Waals surface area contributed by atoms with Gasteiger partial charge in [0.25, 0.3) is 0 Å². The van der Waals surface area contributed by atoms with Crippen molar-refractivity contribution in [3.05, 3.63) is 23.8 Å². The zero-order chi connectivity index (χ0) is 11.5. The van der Waals surface area contributed by atoms with Gasteiger partial charge in [0.05, 0.1) is 5.75 Å². The molecule has 1 aromatic rings. The molecule has 84 valence electrons. The molecular weight excluding hydrogens is 230 g/mol. The fourth-order valence-corrected chi connectivity index (χ4v) is 1.67. The van der Waals surface area contributed by atoms with Crippen LogP contribution in [0, 0.1) is 0 Å². The summed E-state index contributed by atoms with van der Waals surface area (Å²) in [5, 5.41) is 0. The van der Waals surface area contributed by atoms with Gasteiger partial charge in [-0.25, -0.2) is 4.39 Å². The number of rotatable bonds is 3. The second-order valence-electron chi connectivity index (χ2n) is 2.90. The lowest BCUT2D eigenvalue weighted by molar-refractivity contribution is -0.105. The topological polar surface area (TPSA) is 26.0 Å². The van der Waals surface area contributed by atoms with Crippen LogP contribution in [0.2, 0.25) is 0 Å². The molecule has 0 saturated heterocycles. The van der Waals surface area contributed by atoms with Gasteiger partial charge in [-0.1, -0.05) is 0 Å². The molecule has 0 atom stereocenters. The number of nitrogens with two attached hydrogens (primary N) is 1. The number of hydrogen-bond donors (Lipinski definition) is 1. The first-order valence-electron chi connectivity index (χ1n) is 4.06. The Kier molecular flexibility index (Phi) is 3.84. The van der Waals surface area contributed by atoms with Gasteiger partial charge in [-0.3, -0.25) is 0 Å². The van der Waals surface area contributed by atoms with Gasteiger partial charge in [-0.2, -0.15) is 13.2 Å². The Labute approximate surface area is 88.7 Å². The summed E-state index contributed by atoms with van der Waals surface area (Å²) in [6.45, 7) is -0.772. The Morgan fingerprint density at radius 1 is 1.27 bits per heavy atom. The molecule has 0 aromatic heterocycles. The predicted molar refractivity (Wildman–Crippen MR) is 52.4 cm³/mol. The molecule has 0 fully saturated rings. The lowest BCUT2D eigenvalue weighted by Crippen LogP contribution is -2.10. The molecule has 0 aliphatic carbocycles. The number of alkyl halides is 4. The molecule has 0 bridgehead atoms. The molecule has 0 aliphatic heterocycles. The van der Waals surface area contributed by atoms with Crippen molar-refractivity contribution in [3.63, 3.8) is 0 Å². The van der Waals surface area contributed by atoms with Crippen LogP contribution < -0.4 is 5.73 Å². The van der Waals surface area contributed by atoms with E-state index in [2.05, 4.69) is 0 Å². The molecule has 0 unspecified atom stereocenters. The Morgan fingerprint density at radius 3 is 2.47 bits per heavy atom. The highest BCUT2D eigenvalue weighted by atomic mass is 32.2. The summed E-state index contributed by atoms with van der Waals surface area (Å²) >= 11 is 0.618. The zero-order valence-corrected chi connectivity index (χ0v) is 8.46. The van der Waals surface area contributed by atoms with Crippen molar-refractivity contribution in [2.24, 2.45) is 0 Å². The minimum Gasteiger partial charge on any atom is -0.398 e. The van der Waals surface area contributed by atoms with E-state index in [1.165, 1.54) is 18.2 Å². The van der Waals surface area contributed by atoms with Crippen LogP contribution in [0.4, 0.5) is 23.2 Å². The maximum absolute atomic E-state index is 12.3. The van der Waals surface area contributed by atoms with Gasteiger partial charge in [0, 0.05) is 16.1 Å². The van der Waals surface area contributed by atoms with E-state index < -0.39 is 18.6 Å². The predicted octanol–water partition coefficient (Wildman–Crippen LogP) is 3.39. The molecule has 1 nitrogen and oxygen atoms in total. The molecule has 1 rings (SSSR count). The number of nitrogen functional groups attached to an aromatic ring is 1.